The Morgan fingerprint density at radius 2 is 1.96 bits per heavy atom. The van der Waals surface area contributed by atoms with Crippen LogP contribution in [0.25, 0.3) is 5.69 Å². The molecule has 1 amide bonds. The van der Waals surface area contributed by atoms with E-state index in [-0.39, 0.29) is 17.9 Å². The van der Waals surface area contributed by atoms with E-state index in [0.29, 0.717) is 18.8 Å². The number of carboxylic acid groups (broad SMARTS) is 1. The number of rotatable bonds is 5. The lowest BCUT2D eigenvalue weighted by molar-refractivity contribution is -0.142. The molecule has 7 nitrogen and oxygen atoms in total. The smallest absolute Gasteiger partial charge is 0.320 e. The third-order valence-electron chi connectivity index (χ3n) is 4.74. The Labute approximate surface area is 159 Å². The third kappa shape index (κ3) is 4.36. The molecule has 1 atom stereocenters. The molecule has 0 saturated carbocycles. The highest BCUT2D eigenvalue weighted by Crippen LogP contribution is 2.26. The Morgan fingerprint density at radius 3 is 2.59 bits per heavy atom. The van der Waals surface area contributed by atoms with Crippen molar-refractivity contribution in [3.8, 4) is 5.69 Å². The number of amides is 1. The number of hydrogen-bond acceptors (Lipinski definition) is 4. The fraction of sp³-hybridized carbons (Fsp3) is 0.450. The van der Waals surface area contributed by atoms with Gasteiger partial charge in [-0.05, 0) is 31.5 Å². The molecule has 1 aromatic carbocycles. The molecule has 0 spiro atoms. The molecule has 1 aliphatic rings. The molecule has 2 aromatic rings. The highest BCUT2D eigenvalue weighted by molar-refractivity contribution is 5.92. The Hall–Kier alpha value is -2.67. The van der Waals surface area contributed by atoms with Gasteiger partial charge in [0.25, 0.3) is 0 Å². The van der Waals surface area contributed by atoms with Crippen molar-refractivity contribution in [2.24, 2.45) is 0 Å². The van der Waals surface area contributed by atoms with Crippen LogP contribution in [0.15, 0.2) is 36.4 Å². The SMILES string of the molecule is CC(C)(C)c1cc(NC(=O)CN2CCC[C@H]2C(=O)O)n(-c2ccccc2)n1. The summed E-state index contributed by atoms with van der Waals surface area (Å²) in [6, 6.07) is 10.9. The van der Waals surface area contributed by atoms with Gasteiger partial charge in [0.05, 0.1) is 17.9 Å². The number of likely N-dealkylation sites (tertiary alicyclic amines) is 1. The highest BCUT2D eigenvalue weighted by atomic mass is 16.4. The normalized spacial score (nSPS) is 17.8. The van der Waals surface area contributed by atoms with E-state index in [1.807, 2.05) is 36.4 Å². The molecule has 7 heteroatoms. The van der Waals surface area contributed by atoms with Crippen molar-refractivity contribution in [1.29, 1.82) is 0 Å². The summed E-state index contributed by atoms with van der Waals surface area (Å²) in [5, 5.41) is 16.9. The summed E-state index contributed by atoms with van der Waals surface area (Å²) in [4.78, 5) is 25.6. The standard InChI is InChI=1S/C20H26N4O3/c1-20(2,3)16-12-17(24(22-16)14-8-5-4-6-9-14)21-18(25)13-23-11-7-10-15(23)19(26)27/h4-6,8-9,12,15H,7,10-11,13H2,1-3H3,(H,21,25)(H,26,27)/t15-/m0/s1. The first-order valence-corrected chi connectivity index (χ1v) is 9.18. The number of para-hydroxylation sites is 1. The van der Waals surface area contributed by atoms with E-state index in [0.717, 1.165) is 17.8 Å². The fourth-order valence-corrected chi connectivity index (χ4v) is 3.26. The maximum Gasteiger partial charge on any atom is 0.320 e. The van der Waals surface area contributed by atoms with Gasteiger partial charge in [-0.2, -0.15) is 5.10 Å². The topological polar surface area (TPSA) is 87.5 Å². The number of carbonyl (C=O) groups excluding carboxylic acids is 1. The van der Waals surface area contributed by atoms with Crippen molar-refractivity contribution in [3.05, 3.63) is 42.1 Å². The minimum absolute atomic E-state index is 0.0573. The van der Waals surface area contributed by atoms with Crippen molar-refractivity contribution in [3.63, 3.8) is 0 Å². The number of aromatic nitrogens is 2. The second-order valence-corrected chi connectivity index (χ2v) is 7.93. The van der Waals surface area contributed by atoms with Gasteiger partial charge in [-0.15, -0.1) is 0 Å². The quantitative estimate of drug-likeness (QED) is 0.845. The van der Waals surface area contributed by atoms with Gasteiger partial charge >= 0.3 is 5.97 Å². The van der Waals surface area contributed by atoms with Gasteiger partial charge in [0.1, 0.15) is 11.9 Å². The molecular weight excluding hydrogens is 344 g/mol. The third-order valence-corrected chi connectivity index (χ3v) is 4.74. The molecule has 3 rings (SSSR count). The van der Waals surface area contributed by atoms with Crippen LogP contribution in [0.5, 0.6) is 0 Å². The molecule has 0 aliphatic carbocycles. The number of anilines is 1. The van der Waals surface area contributed by atoms with Gasteiger partial charge < -0.3 is 10.4 Å². The van der Waals surface area contributed by atoms with Gasteiger partial charge in [0.15, 0.2) is 0 Å². The number of nitrogens with zero attached hydrogens (tertiary/aromatic N) is 3. The molecule has 27 heavy (non-hydrogen) atoms. The summed E-state index contributed by atoms with van der Waals surface area (Å²) < 4.78 is 1.72. The van der Waals surface area contributed by atoms with Gasteiger partial charge in [0.2, 0.25) is 5.91 Å². The van der Waals surface area contributed by atoms with Crippen LogP contribution in [0.3, 0.4) is 0 Å². The molecule has 2 heterocycles. The number of nitrogens with one attached hydrogen (secondary N) is 1. The van der Waals surface area contributed by atoms with E-state index >= 15 is 0 Å². The molecule has 2 N–H and O–H groups in total. The number of aliphatic carboxylic acids is 1. The zero-order valence-electron chi connectivity index (χ0n) is 16.0. The summed E-state index contributed by atoms with van der Waals surface area (Å²) in [5.74, 6) is -0.521. The summed E-state index contributed by atoms with van der Waals surface area (Å²) in [6.45, 7) is 6.88. The first-order valence-electron chi connectivity index (χ1n) is 9.18. The molecule has 0 radical (unpaired) electrons. The van der Waals surface area contributed by atoms with Crippen LogP contribution in [0, 0.1) is 0 Å². The van der Waals surface area contributed by atoms with E-state index in [1.165, 1.54) is 0 Å². The predicted molar refractivity (Wildman–Crippen MR) is 103 cm³/mol. The molecule has 144 valence electrons. The van der Waals surface area contributed by atoms with E-state index in [9.17, 15) is 14.7 Å². The zero-order valence-corrected chi connectivity index (χ0v) is 16.0. The lowest BCUT2D eigenvalue weighted by atomic mass is 9.92. The van der Waals surface area contributed by atoms with Crippen LogP contribution in [0.2, 0.25) is 0 Å². The van der Waals surface area contributed by atoms with Crippen molar-refractivity contribution in [1.82, 2.24) is 14.7 Å². The number of carbonyl (C=O) groups is 2. The van der Waals surface area contributed by atoms with Crippen LogP contribution < -0.4 is 5.32 Å². The van der Waals surface area contributed by atoms with Crippen molar-refractivity contribution < 1.29 is 14.7 Å². The molecular formula is C20H26N4O3. The Morgan fingerprint density at radius 1 is 1.26 bits per heavy atom. The van der Waals surface area contributed by atoms with Gasteiger partial charge in [-0.1, -0.05) is 39.0 Å². The maximum absolute atomic E-state index is 12.6. The minimum Gasteiger partial charge on any atom is -0.480 e. The van der Waals surface area contributed by atoms with E-state index in [4.69, 9.17) is 0 Å². The number of carboxylic acids is 1. The largest absolute Gasteiger partial charge is 0.480 e. The summed E-state index contributed by atoms with van der Waals surface area (Å²) >= 11 is 0. The van der Waals surface area contributed by atoms with Crippen LogP contribution in [-0.2, 0) is 15.0 Å². The van der Waals surface area contributed by atoms with E-state index in [2.05, 4.69) is 31.2 Å². The zero-order chi connectivity index (χ0) is 19.6. The van der Waals surface area contributed by atoms with Crippen LogP contribution in [0.4, 0.5) is 5.82 Å². The van der Waals surface area contributed by atoms with Gasteiger partial charge in [-0.25, -0.2) is 4.68 Å². The second kappa shape index (κ2) is 7.52. The Balaban J connectivity index is 1.82. The molecule has 0 bridgehead atoms. The van der Waals surface area contributed by atoms with Crippen LogP contribution in [-0.4, -0.2) is 50.8 Å². The average molecular weight is 370 g/mol. The van der Waals surface area contributed by atoms with Gasteiger partial charge in [0, 0.05) is 11.5 Å². The van der Waals surface area contributed by atoms with Crippen molar-refractivity contribution in [2.75, 3.05) is 18.4 Å². The first-order chi connectivity index (χ1) is 12.8. The number of hydrogen-bond donors (Lipinski definition) is 2. The molecule has 1 aromatic heterocycles. The first kappa shape index (κ1) is 19.1. The predicted octanol–water partition coefficient (Wildman–Crippen LogP) is 2.66. The van der Waals surface area contributed by atoms with E-state index < -0.39 is 12.0 Å². The molecule has 0 unspecified atom stereocenters. The number of benzene rings is 1. The van der Waals surface area contributed by atoms with Crippen LogP contribution in [0.1, 0.15) is 39.3 Å². The summed E-state index contributed by atoms with van der Waals surface area (Å²) in [5.41, 5.74) is 1.56. The average Bonchev–Trinajstić information content (AvgIpc) is 3.22. The maximum atomic E-state index is 12.6. The summed E-state index contributed by atoms with van der Waals surface area (Å²) in [6.07, 6.45) is 1.37. The van der Waals surface area contributed by atoms with Gasteiger partial charge in [-0.3, -0.25) is 14.5 Å². The monoisotopic (exact) mass is 370 g/mol. The van der Waals surface area contributed by atoms with Crippen molar-refractivity contribution in [2.45, 2.75) is 45.1 Å². The lowest BCUT2D eigenvalue weighted by Crippen LogP contribution is -2.41. The molecule has 1 fully saturated rings. The highest BCUT2D eigenvalue weighted by Gasteiger charge is 2.32. The molecule has 1 aliphatic heterocycles. The van der Waals surface area contributed by atoms with Crippen LogP contribution >= 0.6 is 0 Å². The second-order valence-electron chi connectivity index (χ2n) is 7.93. The van der Waals surface area contributed by atoms with Crippen molar-refractivity contribution >= 4 is 17.7 Å². The minimum atomic E-state index is -0.871. The van der Waals surface area contributed by atoms with E-state index in [1.54, 1.807) is 9.58 Å². The molecule has 1 saturated heterocycles. The Kier molecular flexibility index (Phi) is 5.32. The Bertz CT molecular complexity index is 823. The fourth-order valence-electron chi connectivity index (χ4n) is 3.26. The lowest BCUT2D eigenvalue weighted by Gasteiger charge is -2.20. The summed E-state index contributed by atoms with van der Waals surface area (Å²) in [7, 11) is 0.